The summed E-state index contributed by atoms with van der Waals surface area (Å²) in [6.45, 7) is 1.68. The van der Waals surface area contributed by atoms with Crippen LogP contribution in [-0.4, -0.2) is 34.0 Å². The molecule has 0 saturated carbocycles. The molecule has 1 fully saturated rings. The van der Waals surface area contributed by atoms with Crippen molar-refractivity contribution in [2.75, 3.05) is 18.4 Å². The maximum absolute atomic E-state index is 13.0. The van der Waals surface area contributed by atoms with Gasteiger partial charge in [-0.25, -0.2) is 0 Å². The molecule has 2 aromatic carbocycles. The standard InChI is InChI=1S/C22H19Cl2F3N4O2/c23-15-3-1-13(2-4-15)20-29-19(33-30-20)12-31-9-7-14(8-10-31)21(32)28-16-5-6-18(24)17(11-16)22(25,26)27/h1-6,11,14H,7-10,12H2,(H,28,32). The van der Waals surface area contributed by atoms with E-state index < -0.39 is 16.8 Å². The molecule has 6 nitrogen and oxygen atoms in total. The highest BCUT2D eigenvalue weighted by Crippen LogP contribution is 2.36. The van der Waals surface area contributed by atoms with Gasteiger partial charge in [-0.15, -0.1) is 0 Å². The molecule has 1 aliphatic rings. The number of carbonyl (C=O) groups is 1. The number of aromatic nitrogens is 2. The van der Waals surface area contributed by atoms with Gasteiger partial charge in [0.25, 0.3) is 0 Å². The van der Waals surface area contributed by atoms with Crippen LogP contribution in [0.4, 0.5) is 18.9 Å². The van der Waals surface area contributed by atoms with E-state index in [1.165, 1.54) is 6.07 Å². The smallest absolute Gasteiger partial charge is 0.338 e. The molecule has 0 bridgehead atoms. The van der Waals surface area contributed by atoms with Gasteiger partial charge in [0.1, 0.15) is 0 Å². The molecule has 1 aromatic heterocycles. The number of amides is 1. The third-order valence-electron chi connectivity index (χ3n) is 5.43. The molecule has 1 aliphatic heterocycles. The Hall–Kier alpha value is -2.62. The number of rotatable bonds is 5. The molecule has 0 radical (unpaired) electrons. The van der Waals surface area contributed by atoms with Crippen molar-refractivity contribution in [1.82, 2.24) is 15.0 Å². The minimum Gasteiger partial charge on any atom is -0.338 e. The molecule has 2 heterocycles. The van der Waals surface area contributed by atoms with Crippen LogP contribution in [0.2, 0.25) is 10.0 Å². The maximum atomic E-state index is 13.0. The quantitative estimate of drug-likeness (QED) is 0.473. The summed E-state index contributed by atoms with van der Waals surface area (Å²) in [6, 6.07) is 10.4. The first-order valence-electron chi connectivity index (χ1n) is 10.2. The normalized spacial score (nSPS) is 15.5. The lowest BCUT2D eigenvalue weighted by Gasteiger charge is -2.30. The lowest BCUT2D eigenvalue weighted by Crippen LogP contribution is -2.37. The number of halogens is 5. The second-order valence-corrected chi connectivity index (χ2v) is 8.59. The molecule has 0 aliphatic carbocycles. The molecule has 3 aromatic rings. The van der Waals surface area contributed by atoms with Crippen molar-refractivity contribution in [2.45, 2.75) is 25.6 Å². The van der Waals surface area contributed by atoms with E-state index in [0.717, 1.165) is 17.7 Å². The molecule has 1 amide bonds. The molecule has 0 unspecified atom stereocenters. The molecule has 4 rings (SSSR count). The van der Waals surface area contributed by atoms with Crippen LogP contribution in [-0.2, 0) is 17.5 Å². The predicted molar refractivity (Wildman–Crippen MR) is 118 cm³/mol. The Balaban J connectivity index is 1.30. The second kappa shape index (κ2) is 9.70. The lowest BCUT2D eigenvalue weighted by molar-refractivity contribution is -0.137. The van der Waals surface area contributed by atoms with Gasteiger partial charge in [-0.05, 0) is 68.4 Å². The summed E-state index contributed by atoms with van der Waals surface area (Å²) < 4.78 is 44.4. The fourth-order valence-corrected chi connectivity index (χ4v) is 4.00. The van der Waals surface area contributed by atoms with E-state index in [9.17, 15) is 18.0 Å². The zero-order chi connectivity index (χ0) is 23.6. The molecule has 0 atom stereocenters. The van der Waals surface area contributed by atoms with E-state index in [4.69, 9.17) is 27.7 Å². The summed E-state index contributed by atoms with van der Waals surface area (Å²) in [6.07, 6.45) is -3.47. The summed E-state index contributed by atoms with van der Waals surface area (Å²) in [4.78, 5) is 19.1. The Morgan fingerprint density at radius 3 is 2.48 bits per heavy atom. The highest BCUT2D eigenvalue weighted by Gasteiger charge is 2.34. The van der Waals surface area contributed by atoms with Gasteiger partial charge in [0, 0.05) is 22.2 Å². The molecule has 11 heteroatoms. The summed E-state index contributed by atoms with van der Waals surface area (Å²) >= 11 is 11.5. The van der Waals surface area contributed by atoms with Crippen molar-refractivity contribution in [3.8, 4) is 11.4 Å². The van der Waals surface area contributed by atoms with Crippen LogP contribution >= 0.6 is 23.2 Å². The first-order chi connectivity index (χ1) is 15.7. The zero-order valence-corrected chi connectivity index (χ0v) is 18.7. The Morgan fingerprint density at radius 1 is 1.12 bits per heavy atom. The Kier molecular flexibility index (Phi) is 6.92. The van der Waals surface area contributed by atoms with Crippen molar-refractivity contribution in [3.63, 3.8) is 0 Å². The number of benzene rings is 2. The van der Waals surface area contributed by atoms with E-state index in [2.05, 4.69) is 20.4 Å². The number of likely N-dealkylation sites (tertiary alicyclic amines) is 1. The van der Waals surface area contributed by atoms with Gasteiger partial charge in [-0.2, -0.15) is 18.2 Å². The minimum atomic E-state index is -4.59. The Labute approximate surface area is 197 Å². The molecule has 1 N–H and O–H groups in total. The van der Waals surface area contributed by atoms with E-state index >= 15 is 0 Å². The molecular formula is C22H19Cl2F3N4O2. The van der Waals surface area contributed by atoms with Crippen molar-refractivity contribution in [1.29, 1.82) is 0 Å². The zero-order valence-electron chi connectivity index (χ0n) is 17.2. The molecule has 174 valence electrons. The monoisotopic (exact) mass is 498 g/mol. The van der Waals surface area contributed by atoms with Crippen LogP contribution in [0.25, 0.3) is 11.4 Å². The van der Waals surface area contributed by atoms with Crippen molar-refractivity contribution in [2.24, 2.45) is 5.92 Å². The largest absolute Gasteiger partial charge is 0.417 e. The number of nitrogens with one attached hydrogen (secondary N) is 1. The maximum Gasteiger partial charge on any atom is 0.417 e. The molecule has 0 spiro atoms. The number of hydrogen-bond acceptors (Lipinski definition) is 5. The molecule has 1 saturated heterocycles. The van der Waals surface area contributed by atoms with E-state index in [0.29, 0.717) is 49.2 Å². The van der Waals surface area contributed by atoms with Gasteiger partial charge in [0.05, 0.1) is 17.1 Å². The number of nitrogens with zero attached hydrogens (tertiary/aromatic N) is 3. The van der Waals surface area contributed by atoms with E-state index in [1.807, 2.05) is 0 Å². The fourth-order valence-electron chi connectivity index (χ4n) is 3.64. The van der Waals surface area contributed by atoms with Crippen LogP contribution in [0, 0.1) is 5.92 Å². The number of alkyl halides is 3. The number of anilines is 1. The van der Waals surface area contributed by atoms with Crippen LogP contribution in [0.15, 0.2) is 47.0 Å². The highest BCUT2D eigenvalue weighted by atomic mass is 35.5. The predicted octanol–water partition coefficient (Wildman–Crippen LogP) is 5.91. The second-order valence-electron chi connectivity index (χ2n) is 7.75. The summed E-state index contributed by atoms with van der Waals surface area (Å²) in [7, 11) is 0. The molecular weight excluding hydrogens is 480 g/mol. The number of carbonyl (C=O) groups excluding carboxylic acids is 1. The van der Waals surface area contributed by atoms with Gasteiger partial charge >= 0.3 is 6.18 Å². The van der Waals surface area contributed by atoms with Crippen LogP contribution in [0.3, 0.4) is 0 Å². The Bertz CT molecular complexity index is 1130. The topological polar surface area (TPSA) is 71.3 Å². The number of piperidine rings is 1. The minimum absolute atomic E-state index is 0.0692. The van der Waals surface area contributed by atoms with Gasteiger partial charge in [0.2, 0.25) is 17.6 Å². The van der Waals surface area contributed by atoms with E-state index in [1.54, 1.807) is 24.3 Å². The summed E-state index contributed by atoms with van der Waals surface area (Å²) in [5.41, 5.74) is -0.116. The number of hydrogen-bond donors (Lipinski definition) is 1. The summed E-state index contributed by atoms with van der Waals surface area (Å²) in [5, 5.41) is 6.78. The molecule has 33 heavy (non-hydrogen) atoms. The van der Waals surface area contributed by atoms with Crippen LogP contribution in [0.1, 0.15) is 24.3 Å². The average Bonchev–Trinajstić information content (AvgIpc) is 3.23. The first-order valence-corrected chi connectivity index (χ1v) is 10.9. The highest BCUT2D eigenvalue weighted by molar-refractivity contribution is 6.31. The lowest BCUT2D eigenvalue weighted by atomic mass is 9.95. The van der Waals surface area contributed by atoms with Crippen molar-refractivity contribution in [3.05, 3.63) is 64.0 Å². The van der Waals surface area contributed by atoms with Gasteiger partial charge in [-0.3, -0.25) is 9.69 Å². The van der Waals surface area contributed by atoms with Gasteiger partial charge < -0.3 is 9.84 Å². The average molecular weight is 499 g/mol. The summed E-state index contributed by atoms with van der Waals surface area (Å²) in [5.74, 6) is 0.312. The van der Waals surface area contributed by atoms with Crippen LogP contribution < -0.4 is 5.32 Å². The third kappa shape index (κ3) is 5.85. The van der Waals surface area contributed by atoms with E-state index in [-0.39, 0.29) is 17.5 Å². The van der Waals surface area contributed by atoms with Crippen LogP contribution in [0.5, 0.6) is 0 Å². The third-order valence-corrected chi connectivity index (χ3v) is 6.01. The Morgan fingerprint density at radius 2 is 1.82 bits per heavy atom. The van der Waals surface area contributed by atoms with Gasteiger partial charge in [0.15, 0.2) is 0 Å². The SMILES string of the molecule is O=C(Nc1ccc(Cl)c(C(F)(F)F)c1)C1CCN(Cc2nc(-c3ccc(Cl)cc3)no2)CC1. The van der Waals surface area contributed by atoms with Gasteiger partial charge in [-0.1, -0.05) is 28.4 Å². The van der Waals surface area contributed by atoms with Crippen molar-refractivity contribution < 1.29 is 22.5 Å². The van der Waals surface area contributed by atoms with Crippen molar-refractivity contribution >= 4 is 34.8 Å². The fraction of sp³-hybridized carbons (Fsp3) is 0.318. The first kappa shape index (κ1) is 23.5.